The summed E-state index contributed by atoms with van der Waals surface area (Å²) in [5, 5.41) is 0. The van der Waals surface area contributed by atoms with Crippen LogP contribution in [0.1, 0.15) is 58.3 Å². The normalized spacial score (nSPS) is 31.1. The van der Waals surface area contributed by atoms with Gasteiger partial charge in [-0.05, 0) is 38.0 Å². The highest BCUT2D eigenvalue weighted by Gasteiger charge is 2.47. The van der Waals surface area contributed by atoms with Crippen molar-refractivity contribution in [2.75, 3.05) is 0 Å². The maximum atomic E-state index is 6.65. The van der Waals surface area contributed by atoms with Gasteiger partial charge in [-0.2, -0.15) is 0 Å². The van der Waals surface area contributed by atoms with Gasteiger partial charge in [-0.3, -0.25) is 0 Å². The van der Waals surface area contributed by atoms with Crippen LogP contribution in [0.3, 0.4) is 0 Å². The van der Waals surface area contributed by atoms with Crippen LogP contribution in [0.2, 0.25) is 0 Å². The Bertz CT molecular complexity index is 202. The van der Waals surface area contributed by atoms with Gasteiger partial charge in [-0.15, -0.1) is 23.2 Å². The minimum absolute atomic E-state index is 0.0855. The predicted molar refractivity (Wildman–Crippen MR) is 63.3 cm³/mol. The number of hydrogen-bond donors (Lipinski definition) is 0. The molecule has 0 aromatic rings. The van der Waals surface area contributed by atoms with Crippen molar-refractivity contribution in [2.24, 2.45) is 5.92 Å². The highest BCUT2D eigenvalue weighted by molar-refractivity contribution is 6.26. The molecule has 2 heteroatoms. The Hall–Kier alpha value is 0.580. The van der Waals surface area contributed by atoms with Gasteiger partial charge in [0.1, 0.15) is 0 Å². The molecule has 14 heavy (non-hydrogen) atoms. The molecule has 0 aliphatic heterocycles. The molecule has 0 nitrogen and oxygen atoms in total. The second-order valence-corrected chi connectivity index (χ2v) is 6.91. The van der Waals surface area contributed by atoms with E-state index in [0.29, 0.717) is 5.92 Å². The first-order valence-electron chi connectivity index (χ1n) is 5.92. The molecule has 0 spiro atoms. The quantitative estimate of drug-likeness (QED) is 0.620. The van der Waals surface area contributed by atoms with Crippen LogP contribution < -0.4 is 0 Å². The third-order valence-corrected chi connectivity index (χ3v) is 5.32. The van der Waals surface area contributed by atoms with E-state index in [0.717, 1.165) is 6.42 Å². The molecule has 2 fully saturated rings. The molecule has 0 bridgehead atoms. The van der Waals surface area contributed by atoms with Crippen LogP contribution in [0.15, 0.2) is 0 Å². The zero-order chi connectivity index (χ0) is 10.2. The molecule has 0 radical (unpaired) electrons. The van der Waals surface area contributed by atoms with Gasteiger partial charge in [0.25, 0.3) is 0 Å². The summed E-state index contributed by atoms with van der Waals surface area (Å²) >= 11 is 13.1. The van der Waals surface area contributed by atoms with Crippen LogP contribution >= 0.6 is 23.2 Å². The van der Waals surface area contributed by atoms with Gasteiger partial charge < -0.3 is 0 Å². The van der Waals surface area contributed by atoms with Crippen molar-refractivity contribution in [1.82, 2.24) is 0 Å². The SMILES string of the molecule is CC(CC1(Cl)CCCCC1)C1(Cl)CC1. The maximum Gasteiger partial charge on any atom is 0.0474 e. The van der Waals surface area contributed by atoms with Crippen molar-refractivity contribution >= 4 is 23.2 Å². The number of hydrogen-bond acceptors (Lipinski definition) is 0. The molecular formula is C12H20Cl2. The number of alkyl halides is 2. The third-order valence-electron chi connectivity index (χ3n) is 4.03. The standard InChI is InChI=1S/C12H20Cl2/c1-10(12(14)7-8-12)9-11(13)5-3-2-4-6-11/h10H,2-9H2,1H3. The maximum absolute atomic E-state index is 6.65. The average Bonchev–Trinajstić information content (AvgIpc) is 2.85. The van der Waals surface area contributed by atoms with Gasteiger partial charge >= 0.3 is 0 Å². The van der Waals surface area contributed by atoms with Crippen LogP contribution in [0, 0.1) is 5.92 Å². The van der Waals surface area contributed by atoms with Gasteiger partial charge in [0.15, 0.2) is 0 Å². The largest absolute Gasteiger partial charge is 0.119 e. The fourth-order valence-electron chi connectivity index (χ4n) is 2.73. The Balaban J connectivity index is 1.88. The molecule has 1 unspecified atom stereocenters. The lowest BCUT2D eigenvalue weighted by atomic mass is 9.81. The Morgan fingerprint density at radius 1 is 1.00 bits per heavy atom. The van der Waals surface area contributed by atoms with E-state index in [1.165, 1.54) is 44.9 Å². The first-order chi connectivity index (χ1) is 6.54. The van der Waals surface area contributed by atoms with Crippen molar-refractivity contribution in [2.45, 2.75) is 68.0 Å². The van der Waals surface area contributed by atoms with Crippen LogP contribution in [0.5, 0.6) is 0 Å². The molecule has 0 amide bonds. The smallest absolute Gasteiger partial charge is 0.0474 e. The molecule has 0 aromatic heterocycles. The van der Waals surface area contributed by atoms with Crippen molar-refractivity contribution in [1.29, 1.82) is 0 Å². The van der Waals surface area contributed by atoms with Crippen LogP contribution in [-0.4, -0.2) is 9.75 Å². The summed E-state index contributed by atoms with van der Waals surface area (Å²) in [6, 6.07) is 0. The van der Waals surface area contributed by atoms with Crippen LogP contribution in [0.25, 0.3) is 0 Å². The average molecular weight is 235 g/mol. The number of halogens is 2. The van der Waals surface area contributed by atoms with Gasteiger partial charge in [-0.25, -0.2) is 0 Å². The molecule has 0 heterocycles. The topological polar surface area (TPSA) is 0 Å². The first-order valence-corrected chi connectivity index (χ1v) is 6.68. The fraction of sp³-hybridized carbons (Fsp3) is 1.00. The molecule has 0 saturated heterocycles. The molecule has 2 saturated carbocycles. The van der Waals surface area contributed by atoms with Gasteiger partial charge in [0.05, 0.1) is 0 Å². The van der Waals surface area contributed by atoms with Crippen molar-refractivity contribution < 1.29 is 0 Å². The molecule has 2 aliphatic rings. The van der Waals surface area contributed by atoms with E-state index < -0.39 is 0 Å². The summed E-state index contributed by atoms with van der Waals surface area (Å²) in [4.78, 5) is 0.210. The van der Waals surface area contributed by atoms with E-state index in [9.17, 15) is 0 Å². The Morgan fingerprint density at radius 2 is 1.57 bits per heavy atom. The third kappa shape index (κ3) is 2.39. The molecule has 2 aliphatic carbocycles. The Labute approximate surface area is 97.3 Å². The Kier molecular flexibility index (Phi) is 3.06. The van der Waals surface area contributed by atoms with E-state index >= 15 is 0 Å². The minimum Gasteiger partial charge on any atom is -0.119 e. The van der Waals surface area contributed by atoms with Crippen molar-refractivity contribution in [3.8, 4) is 0 Å². The summed E-state index contributed by atoms with van der Waals surface area (Å²) in [7, 11) is 0. The van der Waals surface area contributed by atoms with Gasteiger partial charge in [-0.1, -0.05) is 26.2 Å². The monoisotopic (exact) mass is 234 g/mol. The molecule has 82 valence electrons. The molecular weight excluding hydrogens is 215 g/mol. The summed E-state index contributed by atoms with van der Waals surface area (Å²) in [5.74, 6) is 0.597. The Morgan fingerprint density at radius 3 is 2.07 bits per heavy atom. The summed E-state index contributed by atoms with van der Waals surface area (Å²) in [6.07, 6.45) is 9.91. The van der Waals surface area contributed by atoms with E-state index in [1.54, 1.807) is 0 Å². The second kappa shape index (κ2) is 3.87. The summed E-state index contributed by atoms with van der Waals surface area (Å²) in [6.45, 7) is 2.28. The lowest BCUT2D eigenvalue weighted by molar-refractivity contribution is 0.315. The second-order valence-electron chi connectivity index (χ2n) is 5.35. The zero-order valence-electron chi connectivity index (χ0n) is 8.99. The molecule has 2 rings (SSSR count). The summed E-state index contributed by atoms with van der Waals surface area (Å²) < 4.78 is 0. The predicted octanol–water partition coefficient (Wildman–Crippen LogP) is 4.73. The van der Waals surface area contributed by atoms with Crippen LogP contribution in [0.4, 0.5) is 0 Å². The lowest BCUT2D eigenvalue weighted by Crippen LogP contribution is -2.30. The molecule has 0 aromatic carbocycles. The van der Waals surface area contributed by atoms with E-state index in [2.05, 4.69) is 6.92 Å². The van der Waals surface area contributed by atoms with Crippen molar-refractivity contribution in [3.05, 3.63) is 0 Å². The number of rotatable bonds is 3. The highest BCUT2D eigenvalue weighted by Crippen LogP contribution is 2.53. The zero-order valence-corrected chi connectivity index (χ0v) is 10.5. The van der Waals surface area contributed by atoms with Gasteiger partial charge in [0.2, 0.25) is 0 Å². The fourth-order valence-corrected chi connectivity index (χ4v) is 3.40. The minimum atomic E-state index is 0.0855. The lowest BCUT2D eigenvalue weighted by Gasteiger charge is -2.34. The van der Waals surface area contributed by atoms with E-state index in [1.807, 2.05) is 0 Å². The van der Waals surface area contributed by atoms with Crippen LogP contribution in [-0.2, 0) is 0 Å². The molecule has 1 atom stereocenters. The van der Waals surface area contributed by atoms with Gasteiger partial charge in [0, 0.05) is 9.75 Å². The van der Waals surface area contributed by atoms with E-state index in [4.69, 9.17) is 23.2 Å². The molecule has 0 N–H and O–H groups in total. The highest BCUT2D eigenvalue weighted by atomic mass is 35.5. The van der Waals surface area contributed by atoms with Crippen molar-refractivity contribution in [3.63, 3.8) is 0 Å². The van der Waals surface area contributed by atoms with E-state index in [-0.39, 0.29) is 9.75 Å². The summed E-state index contributed by atoms with van der Waals surface area (Å²) in [5.41, 5.74) is 0. The first kappa shape index (κ1) is 11.1.